The summed E-state index contributed by atoms with van der Waals surface area (Å²) in [4.78, 5) is 24.0. The van der Waals surface area contributed by atoms with Gasteiger partial charge in [-0.3, -0.25) is 9.59 Å². The van der Waals surface area contributed by atoms with Crippen LogP contribution in [0.4, 0.5) is 4.39 Å². The molecule has 1 aliphatic carbocycles. The molecular weight excluding hydrogens is 359 g/mol. The first kappa shape index (κ1) is 20.1. The van der Waals surface area contributed by atoms with Crippen LogP contribution in [0.15, 0.2) is 48.5 Å². The molecule has 0 amide bonds. The Hall–Kier alpha value is -2.69. The highest BCUT2D eigenvalue weighted by Gasteiger charge is 2.29. The van der Waals surface area contributed by atoms with Gasteiger partial charge in [-0.15, -0.1) is 0 Å². The Bertz CT molecular complexity index is 790. The van der Waals surface area contributed by atoms with Gasteiger partial charge in [0, 0.05) is 6.42 Å². The van der Waals surface area contributed by atoms with E-state index in [4.69, 9.17) is 9.47 Å². The van der Waals surface area contributed by atoms with Gasteiger partial charge in [0.05, 0.1) is 5.92 Å². The lowest BCUT2D eigenvalue weighted by Gasteiger charge is -2.27. The molecule has 0 spiro atoms. The molecule has 1 saturated carbocycles. The minimum Gasteiger partial charge on any atom is -0.462 e. The Labute approximate surface area is 164 Å². The van der Waals surface area contributed by atoms with Crippen molar-refractivity contribution in [1.29, 1.82) is 0 Å². The number of carbonyl (C=O) groups is 2. The molecule has 0 unspecified atom stereocenters. The maximum atomic E-state index is 13.0. The van der Waals surface area contributed by atoms with Gasteiger partial charge in [0.1, 0.15) is 17.7 Å². The molecule has 2 aromatic carbocycles. The summed E-state index contributed by atoms with van der Waals surface area (Å²) in [6.45, 7) is 1.94. The summed E-state index contributed by atoms with van der Waals surface area (Å²) in [5.41, 5.74) is 1.82. The van der Waals surface area contributed by atoms with E-state index in [1.165, 1.54) is 12.1 Å². The van der Waals surface area contributed by atoms with Gasteiger partial charge in [-0.1, -0.05) is 31.2 Å². The number of hydrogen-bond donors (Lipinski definition) is 0. The van der Waals surface area contributed by atoms with E-state index < -0.39 is 0 Å². The number of carbonyl (C=O) groups excluding carboxylic acids is 2. The van der Waals surface area contributed by atoms with Crippen LogP contribution in [0.3, 0.4) is 0 Å². The van der Waals surface area contributed by atoms with Gasteiger partial charge in [0.25, 0.3) is 0 Å². The fourth-order valence-corrected chi connectivity index (χ4v) is 3.42. The third-order valence-corrected chi connectivity index (χ3v) is 5.01. The van der Waals surface area contributed by atoms with Gasteiger partial charge < -0.3 is 9.47 Å². The number of benzene rings is 2. The Balaban J connectivity index is 1.50. The molecule has 0 aromatic heterocycles. The van der Waals surface area contributed by atoms with Crippen LogP contribution >= 0.6 is 0 Å². The SMILES string of the molecule is CCCC(=O)OC1CCC(C(=O)Oc2ccc(-c3ccc(F)cc3)cc2)CC1. The Morgan fingerprint density at radius 3 is 2.07 bits per heavy atom. The maximum Gasteiger partial charge on any atom is 0.314 e. The van der Waals surface area contributed by atoms with E-state index in [0.717, 1.165) is 17.5 Å². The topological polar surface area (TPSA) is 52.6 Å². The summed E-state index contributed by atoms with van der Waals surface area (Å²) in [5, 5.41) is 0. The van der Waals surface area contributed by atoms with E-state index in [1.54, 1.807) is 24.3 Å². The van der Waals surface area contributed by atoms with Gasteiger partial charge in [-0.25, -0.2) is 4.39 Å². The van der Waals surface area contributed by atoms with Crippen LogP contribution in [0, 0.1) is 11.7 Å². The molecule has 28 heavy (non-hydrogen) atoms. The molecule has 0 heterocycles. The average Bonchev–Trinajstić information content (AvgIpc) is 2.70. The van der Waals surface area contributed by atoms with Crippen molar-refractivity contribution in [3.05, 3.63) is 54.3 Å². The fraction of sp³-hybridized carbons (Fsp3) is 0.391. The quantitative estimate of drug-likeness (QED) is 0.501. The summed E-state index contributed by atoms with van der Waals surface area (Å²) < 4.78 is 24.0. The van der Waals surface area contributed by atoms with Crippen molar-refractivity contribution in [2.75, 3.05) is 0 Å². The summed E-state index contributed by atoms with van der Waals surface area (Å²) in [6, 6.07) is 13.4. The van der Waals surface area contributed by atoms with Crippen molar-refractivity contribution in [2.45, 2.75) is 51.6 Å². The minimum atomic E-state index is -0.274. The molecule has 0 radical (unpaired) electrons. The Morgan fingerprint density at radius 1 is 0.929 bits per heavy atom. The molecular formula is C23H25FO4. The lowest BCUT2D eigenvalue weighted by Crippen LogP contribution is -2.30. The van der Waals surface area contributed by atoms with Crippen molar-refractivity contribution in [1.82, 2.24) is 0 Å². The first-order chi connectivity index (χ1) is 13.5. The van der Waals surface area contributed by atoms with Gasteiger partial charge in [0.15, 0.2) is 0 Å². The lowest BCUT2D eigenvalue weighted by molar-refractivity contribution is -0.152. The second kappa shape index (κ2) is 9.49. The summed E-state index contributed by atoms with van der Waals surface area (Å²) in [5.74, 6) is -0.350. The monoisotopic (exact) mass is 384 g/mol. The lowest BCUT2D eigenvalue weighted by atomic mass is 9.87. The van der Waals surface area contributed by atoms with Crippen molar-refractivity contribution >= 4 is 11.9 Å². The molecule has 0 bridgehead atoms. The predicted molar refractivity (Wildman–Crippen MR) is 104 cm³/mol. The largest absolute Gasteiger partial charge is 0.462 e. The van der Waals surface area contributed by atoms with E-state index in [-0.39, 0.29) is 29.8 Å². The third kappa shape index (κ3) is 5.41. The molecule has 5 heteroatoms. The van der Waals surface area contributed by atoms with E-state index in [0.29, 0.717) is 37.9 Å². The normalized spacial score (nSPS) is 19.1. The molecule has 148 valence electrons. The van der Waals surface area contributed by atoms with Gasteiger partial charge in [-0.05, 0) is 67.5 Å². The molecule has 0 aliphatic heterocycles. The van der Waals surface area contributed by atoms with Crippen LogP contribution in [0.25, 0.3) is 11.1 Å². The van der Waals surface area contributed by atoms with E-state index in [9.17, 15) is 14.0 Å². The zero-order valence-corrected chi connectivity index (χ0v) is 16.0. The second-order valence-electron chi connectivity index (χ2n) is 7.17. The van der Waals surface area contributed by atoms with E-state index in [1.807, 2.05) is 19.1 Å². The van der Waals surface area contributed by atoms with Gasteiger partial charge in [0.2, 0.25) is 0 Å². The minimum absolute atomic E-state index is 0.0851. The molecule has 2 aromatic rings. The van der Waals surface area contributed by atoms with Crippen LogP contribution < -0.4 is 4.74 Å². The highest BCUT2D eigenvalue weighted by Crippen LogP contribution is 2.29. The van der Waals surface area contributed by atoms with Crippen LogP contribution in [0.1, 0.15) is 45.4 Å². The van der Waals surface area contributed by atoms with Crippen molar-refractivity contribution < 1.29 is 23.5 Å². The number of rotatable bonds is 6. The second-order valence-corrected chi connectivity index (χ2v) is 7.17. The zero-order valence-electron chi connectivity index (χ0n) is 16.0. The Morgan fingerprint density at radius 2 is 1.50 bits per heavy atom. The van der Waals surface area contributed by atoms with Crippen molar-refractivity contribution in [3.63, 3.8) is 0 Å². The van der Waals surface area contributed by atoms with E-state index in [2.05, 4.69) is 0 Å². The third-order valence-electron chi connectivity index (χ3n) is 5.01. The summed E-state index contributed by atoms with van der Waals surface area (Å²) in [6.07, 6.45) is 3.85. The highest BCUT2D eigenvalue weighted by molar-refractivity contribution is 5.75. The average molecular weight is 384 g/mol. The van der Waals surface area contributed by atoms with Crippen molar-refractivity contribution in [2.24, 2.45) is 5.92 Å². The van der Waals surface area contributed by atoms with Gasteiger partial charge >= 0.3 is 11.9 Å². The number of halogens is 1. The predicted octanol–water partition coefficient (Wildman–Crippen LogP) is 5.30. The number of hydrogen-bond acceptors (Lipinski definition) is 4. The maximum absolute atomic E-state index is 13.0. The summed E-state index contributed by atoms with van der Waals surface area (Å²) in [7, 11) is 0. The fourth-order valence-electron chi connectivity index (χ4n) is 3.42. The highest BCUT2D eigenvalue weighted by atomic mass is 19.1. The van der Waals surface area contributed by atoms with Gasteiger partial charge in [-0.2, -0.15) is 0 Å². The number of ether oxygens (including phenoxy) is 2. The Kier molecular flexibility index (Phi) is 6.80. The van der Waals surface area contributed by atoms with Crippen LogP contribution in [0.2, 0.25) is 0 Å². The molecule has 1 fully saturated rings. The molecule has 0 saturated heterocycles. The molecule has 0 atom stereocenters. The smallest absolute Gasteiger partial charge is 0.314 e. The first-order valence-electron chi connectivity index (χ1n) is 9.82. The van der Waals surface area contributed by atoms with Crippen LogP contribution in [-0.2, 0) is 14.3 Å². The standard InChI is InChI=1S/C23H25FO4/c1-2-3-22(25)27-20-14-8-18(9-15-20)23(26)28-21-12-6-17(7-13-21)16-4-10-19(24)11-5-16/h4-7,10-13,18,20H,2-3,8-9,14-15H2,1H3. The zero-order chi connectivity index (χ0) is 19.9. The first-order valence-corrected chi connectivity index (χ1v) is 9.82. The number of esters is 2. The van der Waals surface area contributed by atoms with Crippen LogP contribution in [-0.4, -0.2) is 18.0 Å². The molecule has 1 aliphatic rings. The molecule has 0 N–H and O–H groups in total. The molecule has 4 nitrogen and oxygen atoms in total. The van der Waals surface area contributed by atoms with E-state index >= 15 is 0 Å². The summed E-state index contributed by atoms with van der Waals surface area (Å²) >= 11 is 0. The van der Waals surface area contributed by atoms with Crippen LogP contribution in [0.5, 0.6) is 5.75 Å². The molecule has 3 rings (SSSR count). The van der Waals surface area contributed by atoms with Crippen molar-refractivity contribution in [3.8, 4) is 16.9 Å².